The summed E-state index contributed by atoms with van der Waals surface area (Å²) in [6, 6.07) is 10.6. The van der Waals surface area contributed by atoms with E-state index in [9.17, 15) is 14.0 Å². The molecule has 2 aromatic carbocycles. The monoisotopic (exact) mass is 399 g/mol. The Morgan fingerprint density at radius 1 is 1.19 bits per heavy atom. The van der Waals surface area contributed by atoms with Crippen molar-refractivity contribution in [3.05, 3.63) is 63.9 Å². The molecule has 5 nitrogen and oxygen atoms in total. The zero-order chi connectivity index (χ0) is 19.1. The largest absolute Gasteiger partial charge is 0.477 e. The third-order valence-corrected chi connectivity index (χ3v) is 3.84. The molecule has 0 aromatic heterocycles. The number of carbonyl (C=O) groups excluding carboxylic acids is 2. The third-order valence-electron chi connectivity index (χ3n) is 3.31. The van der Waals surface area contributed by atoms with Gasteiger partial charge in [-0.05, 0) is 31.2 Å². The maximum Gasteiger partial charge on any atom is 0.347 e. The lowest BCUT2D eigenvalue weighted by Gasteiger charge is -2.15. The number of hydrogen-bond donors (Lipinski definition) is 1. The molecule has 26 heavy (non-hydrogen) atoms. The van der Waals surface area contributed by atoms with Crippen LogP contribution in [0.25, 0.3) is 0 Å². The first-order valence-corrected chi connectivity index (χ1v) is 8.41. The van der Waals surface area contributed by atoms with Crippen molar-refractivity contribution < 1.29 is 23.5 Å². The first-order chi connectivity index (χ1) is 12.4. The molecule has 2 rings (SSSR count). The van der Waals surface area contributed by atoms with Crippen LogP contribution in [-0.4, -0.2) is 24.6 Å². The molecule has 0 saturated carbocycles. The van der Waals surface area contributed by atoms with Crippen molar-refractivity contribution in [3.8, 4) is 5.75 Å². The van der Waals surface area contributed by atoms with Gasteiger partial charge in [0.15, 0.2) is 12.7 Å². The summed E-state index contributed by atoms with van der Waals surface area (Å²) in [6.45, 7) is 0.954. The van der Waals surface area contributed by atoms with Gasteiger partial charge in [-0.25, -0.2) is 9.18 Å². The Hall–Kier alpha value is -2.31. The summed E-state index contributed by atoms with van der Waals surface area (Å²) < 4.78 is 23.7. The smallest absolute Gasteiger partial charge is 0.347 e. The summed E-state index contributed by atoms with van der Waals surface area (Å²) >= 11 is 11.7. The summed E-state index contributed by atoms with van der Waals surface area (Å²) in [5, 5.41) is 3.15. The van der Waals surface area contributed by atoms with Crippen molar-refractivity contribution in [2.45, 2.75) is 19.6 Å². The fourth-order valence-corrected chi connectivity index (χ4v) is 2.40. The third kappa shape index (κ3) is 5.89. The van der Waals surface area contributed by atoms with Crippen LogP contribution < -0.4 is 10.1 Å². The first kappa shape index (κ1) is 20.0. The van der Waals surface area contributed by atoms with Crippen molar-refractivity contribution in [1.82, 2.24) is 5.32 Å². The first-order valence-electron chi connectivity index (χ1n) is 7.65. The Morgan fingerprint density at radius 2 is 1.92 bits per heavy atom. The summed E-state index contributed by atoms with van der Waals surface area (Å²) in [5.41, 5.74) is 0.334. The maximum absolute atomic E-state index is 13.5. The highest BCUT2D eigenvalue weighted by Gasteiger charge is 2.19. The second-order valence-electron chi connectivity index (χ2n) is 5.31. The molecule has 1 amide bonds. The standard InChI is InChI=1S/C18H16Cl2FNO4/c1-11(26-16-7-6-13(19)8-14(16)20)18(24)25-10-17(23)22-9-12-4-2-3-5-15(12)21/h2-8,11H,9-10H2,1H3,(H,22,23). The van der Waals surface area contributed by atoms with Gasteiger partial charge in [0.2, 0.25) is 0 Å². The van der Waals surface area contributed by atoms with Gasteiger partial charge in [0.05, 0.1) is 5.02 Å². The molecule has 0 fully saturated rings. The molecule has 0 aliphatic heterocycles. The van der Waals surface area contributed by atoms with Crippen molar-refractivity contribution in [1.29, 1.82) is 0 Å². The van der Waals surface area contributed by atoms with Crippen LogP contribution in [0.5, 0.6) is 5.75 Å². The number of hydrogen-bond acceptors (Lipinski definition) is 4. The molecule has 1 N–H and O–H groups in total. The zero-order valence-corrected chi connectivity index (χ0v) is 15.3. The maximum atomic E-state index is 13.5. The fraction of sp³-hybridized carbons (Fsp3) is 0.222. The molecule has 0 spiro atoms. The number of ether oxygens (including phenoxy) is 2. The van der Waals surface area contributed by atoms with Gasteiger partial charge in [-0.3, -0.25) is 4.79 Å². The molecule has 1 atom stereocenters. The predicted molar refractivity (Wildman–Crippen MR) is 95.8 cm³/mol. The summed E-state index contributed by atoms with van der Waals surface area (Å²) in [4.78, 5) is 23.6. The van der Waals surface area contributed by atoms with Gasteiger partial charge in [-0.1, -0.05) is 41.4 Å². The quantitative estimate of drug-likeness (QED) is 0.719. The van der Waals surface area contributed by atoms with Crippen LogP contribution in [0.15, 0.2) is 42.5 Å². The summed E-state index contributed by atoms with van der Waals surface area (Å²) in [7, 11) is 0. The molecular formula is C18H16Cl2FNO4. The van der Waals surface area contributed by atoms with Crippen molar-refractivity contribution in [2.24, 2.45) is 0 Å². The predicted octanol–water partition coefficient (Wildman–Crippen LogP) is 3.76. The van der Waals surface area contributed by atoms with E-state index in [1.54, 1.807) is 24.3 Å². The summed E-state index contributed by atoms with van der Waals surface area (Å²) in [5.74, 6) is -1.45. The molecular weight excluding hydrogens is 384 g/mol. The number of esters is 1. The van der Waals surface area contributed by atoms with Crippen LogP contribution in [0.4, 0.5) is 4.39 Å². The van der Waals surface area contributed by atoms with Crippen LogP contribution in [-0.2, 0) is 20.9 Å². The van der Waals surface area contributed by atoms with Crippen LogP contribution >= 0.6 is 23.2 Å². The number of amides is 1. The van der Waals surface area contributed by atoms with Gasteiger partial charge in [-0.15, -0.1) is 0 Å². The van der Waals surface area contributed by atoms with Gasteiger partial charge < -0.3 is 14.8 Å². The van der Waals surface area contributed by atoms with Crippen LogP contribution in [0.1, 0.15) is 12.5 Å². The molecule has 0 radical (unpaired) electrons. The lowest BCUT2D eigenvalue weighted by molar-refractivity contribution is -0.154. The minimum atomic E-state index is -0.979. The molecule has 2 aromatic rings. The Labute approximate surface area is 160 Å². The van der Waals surface area contributed by atoms with Crippen LogP contribution in [0.3, 0.4) is 0 Å². The molecule has 0 saturated heterocycles. The average molecular weight is 400 g/mol. The Bertz CT molecular complexity index is 801. The van der Waals surface area contributed by atoms with Crippen LogP contribution in [0, 0.1) is 5.82 Å². The lowest BCUT2D eigenvalue weighted by atomic mass is 10.2. The Kier molecular flexibility index (Phi) is 7.24. The van der Waals surface area contributed by atoms with E-state index in [1.807, 2.05) is 0 Å². The van der Waals surface area contributed by atoms with Crippen molar-refractivity contribution in [2.75, 3.05) is 6.61 Å². The van der Waals surface area contributed by atoms with Gasteiger partial charge in [-0.2, -0.15) is 0 Å². The number of carbonyl (C=O) groups is 2. The number of benzene rings is 2. The fourth-order valence-electron chi connectivity index (χ4n) is 1.95. The van der Waals surface area contributed by atoms with Gasteiger partial charge in [0, 0.05) is 17.1 Å². The van der Waals surface area contributed by atoms with E-state index in [4.69, 9.17) is 32.7 Å². The van der Waals surface area contributed by atoms with Gasteiger partial charge >= 0.3 is 5.97 Å². The highest BCUT2D eigenvalue weighted by Crippen LogP contribution is 2.28. The van der Waals surface area contributed by atoms with E-state index < -0.39 is 30.4 Å². The molecule has 138 valence electrons. The van der Waals surface area contributed by atoms with Gasteiger partial charge in [0.1, 0.15) is 11.6 Å². The number of halogens is 3. The average Bonchev–Trinajstić information content (AvgIpc) is 2.61. The minimum Gasteiger partial charge on any atom is -0.477 e. The number of rotatable bonds is 7. The van der Waals surface area contributed by atoms with E-state index in [1.165, 1.54) is 25.1 Å². The Balaban J connectivity index is 1.78. The molecule has 8 heteroatoms. The van der Waals surface area contributed by atoms with Crippen molar-refractivity contribution >= 4 is 35.1 Å². The van der Waals surface area contributed by atoms with E-state index >= 15 is 0 Å². The second-order valence-corrected chi connectivity index (χ2v) is 6.15. The second kappa shape index (κ2) is 9.40. The van der Waals surface area contributed by atoms with E-state index in [0.717, 1.165) is 0 Å². The molecule has 0 aliphatic rings. The molecule has 0 bridgehead atoms. The van der Waals surface area contributed by atoms with Crippen molar-refractivity contribution in [3.63, 3.8) is 0 Å². The zero-order valence-electron chi connectivity index (χ0n) is 13.8. The number of nitrogens with one attached hydrogen (secondary N) is 1. The van der Waals surface area contributed by atoms with Gasteiger partial charge in [0.25, 0.3) is 5.91 Å². The van der Waals surface area contributed by atoms with E-state index in [-0.39, 0.29) is 17.3 Å². The highest BCUT2D eigenvalue weighted by molar-refractivity contribution is 6.35. The SMILES string of the molecule is CC(Oc1ccc(Cl)cc1Cl)C(=O)OCC(=O)NCc1ccccc1F. The van der Waals surface area contributed by atoms with E-state index in [0.29, 0.717) is 10.6 Å². The topological polar surface area (TPSA) is 64.6 Å². The van der Waals surface area contributed by atoms with E-state index in [2.05, 4.69) is 5.32 Å². The molecule has 0 heterocycles. The Morgan fingerprint density at radius 3 is 2.62 bits per heavy atom. The summed E-state index contributed by atoms with van der Waals surface area (Å²) in [6.07, 6.45) is -0.979. The lowest BCUT2D eigenvalue weighted by Crippen LogP contribution is -2.32. The molecule has 0 aliphatic carbocycles. The highest BCUT2D eigenvalue weighted by atomic mass is 35.5. The normalized spacial score (nSPS) is 11.5. The minimum absolute atomic E-state index is 0.00447. The molecule has 1 unspecified atom stereocenters. The van der Waals surface area contributed by atoms with Crippen LogP contribution in [0.2, 0.25) is 10.0 Å².